The van der Waals surface area contributed by atoms with Crippen LogP contribution in [0.2, 0.25) is 0 Å². The molecule has 108 valence electrons. The monoisotopic (exact) mass is 345 g/mol. The number of carbonyl (C=O) groups excluding carboxylic acids is 1. The highest BCUT2D eigenvalue weighted by molar-refractivity contribution is 9.10. The van der Waals surface area contributed by atoms with E-state index in [0.717, 1.165) is 27.6 Å². The molecule has 4 rings (SSSR count). The molecule has 21 heavy (non-hydrogen) atoms. The molecular formula is C16H16BrN3O. The average molecular weight is 346 g/mol. The lowest BCUT2D eigenvalue weighted by atomic mass is 10.1. The predicted octanol–water partition coefficient (Wildman–Crippen LogP) is 3.17. The Hall–Kier alpha value is -1.62. The third-order valence-corrected chi connectivity index (χ3v) is 4.70. The molecule has 2 aliphatic rings. The van der Waals surface area contributed by atoms with E-state index in [1.165, 1.54) is 12.8 Å². The molecule has 1 aromatic carbocycles. The van der Waals surface area contributed by atoms with Gasteiger partial charge in [-0.25, -0.2) is 0 Å². The summed E-state index contributed by atoms with van der Waals surface area (Å²) in [6.45, 7) is 0.821. The van der Waals surface area contributed by atoms with Crippen LogP contribution in [0, 0.1) is 0 Å². The average Bonchev–Trinajstić information content (AvgIpc) is 3.24. The number of rotatable bonds is 3. The van der Waals surface area contributed by atoms with Crippen LogP contribution >= 0.6 is 15.9 Å². The maximum absolute atomic E-state index is 12.0. The number of benzene rings is 1. The largest absolute Gasteiger partial charge is 0.379 e. The molecule has 1 saturated heterocycles. The minimum atomic E-state index is 0.197. The molecule has 1 atom stereocenters. The highest BCUT2D eigenvalue weighted by Gasteiger charge is 2.39. The molecule has 2 fully saturated rings. The highest BCUT2D eigenvalue weighted by atomic mass is 79.9. The number of aromatic nitrogens is 1. The first-order valence-corrected chi connectivity index (χ1v) is 8.10. The predicted molar refractivity (Wildman–Crippen MR) is 86.2 cm³/mol. The quantitative estimate of drug-likeness (QED) is 0.929. The van der Waals surface area contributed by atoms with E-state index in [0.29, 0.717) is 12.5 Å². The second kappa shape index (κ2) is 4.98. The van der Waals surface area contributed by atoms with Crippen molar-refractivity contribution in [1.82, 2.24) is 9.88 Å². The SMILES string of the molecule is O=C1CC(Nc2ccnc3ccc(Br)cc23)CN1C1CC1. The summed E-state index contributed by atoms with van der Waals surface area (Å²) >= 11 is 3.51. The molecule has 0 bridgehead atoms. The van der Waals surface area contributed by atoms with E-state index >= 15 is 0 Å². The van der Waals surface area contributed by atoms with Gasteiger partial charge < -0.3 is 10.2 Å². The van der Waals surface area contributed by atoms with Gasteiger partial charge in [-0.1, -0.05) is 15.9 Å². The van der Waals surface area contributed by atoms with Gasteiger partial charge in [-0.3, -0.25) is 9.78 Å². The van der Waals surface area contributed by atoms with Gasteiger partial charge in [0.2, 0.25) is 5.91 Å². The Kier molecular flexibility index (Phi) is 3.10. The number of hydrogen-bond donors (Lipinski definition) is 1. The number of likely N-dealkylation sites (tertiary alicyclic amines) is 1. The van der Waals surface area contributed by atoms with E-state index in [9.17, 15) is 4.79 Å². The van der Waals surface area contributed by atoms with Gasteiger partial charge in [-0.05, 0) is 37.1 Å². The zero-order chi connectivity index (χ0) is 14.4. The van der Waals surface area contributed by atoms with Crippen molar-refractivity contribution in [2.24, 2.45) is 0 Å². The summed E-state index contributed by atoms with van der Waals surface area (Å²) in [6, 6.07) is 8.75. The molecule has 5 heteroatoms. The second-order valence-corrected chi connectivity index (χ2v) is 6.76. The number of nitrogens with zero attached hydrogens (tertiary/aromatic N) is 2. The van der Waals surface area contributed by atoms with Gasteiger partial charge in [0, 0.05) is 40.8 Å². The van der Waals surface area contributed by atoms with Crippen molar-refractivity contribution in [3.8, 4) is 0 Å². The number of halogens is 1. The molecule has 4 nitrogen and oxygen atoms in total. The lowest BCUT2D eigenvalue weighted by Crippen LogP contribution is -2.29. The number of anilines is 1. The van der Waals surface area contributed by atoms with Crippen LogP contribution in [-0.2, 0) is 4.79 Å². The molecule has 1 N–H and O–H groups in total. The van der Waals surface area contributed by atoms with Gasteiger partial charge in [0.05, 0.1) is 11.6 Å². The molecule has 1 aliphatic heterocycles. The van der Waals surface area contributed by atoms with Crippen LogP contribution in [-0.4, -0.2) is 34.4 Å². The number of fused-ring (bicyclic) bond motifs is 1. The van der Waals surface area contributed by atoms with E-state index in [1.54, 1.807) is 0 Å². The van der Waals surface area contributed by atoms with Crippen LogP contribution in [0.1, 0.15) is 19.3 Å². The summed E-state index contributed by atoms with van der Waals surface area (Å²) in [6.07, 6.45) is 4.75. The Morgan fingerprint density at radius 2 is 2.14 bits per heavy atom. The summed E-state index contributed by atoms with van der Waals surface area (Å²) in [5, 5.41) is 4.62. The van der Waals surface area contributed by atoms with Crippen LogP contribution in [0.15, 0.2) is 34.9 Å². The zero-order valence-corrected chi connectivity index (χ0v) is 13.1. The van der Waals surface area contributed by atoms with Crippen molar-refractivity contribution >= 4 is 38.4 Å². The standard InChI is InChI=1S/C16H16BrN3O/c17-10-1-4-14-13(7-10)15(5-6-18-14)19-11-8-16(21)20(9-11)12-2-3-12/h1,4-7,11-12H,2-3,8-9H2,(H,18,19). The van der Waals surface area contributed by atoms with Crippen molar-refractivity contribution in [3.63, 3.8) is 0 Å². The number of nitrogens with one attached hydrogen (secondary N) is 1. The van der Waals surface area contributed by atoms with Crippen LogP contribution in [0.3, 0.4) is 0 Å². The Bertz CT molecular complexity index is 714. The first-order valence-electron chi connectivity index (χ1n) is 7.31. The van der Waals surface area contributed by atoms with Crippen molar-refractivity contribution in [2.45, 2.75) is 31.3 Å². The lowest BCUT2D eigenvalue weighted by molar-refractivity contribution is -0.128. The third kappa shape index (κ3) is 2.50. The molecule has 1 unspecified atom stereocenters. The summed E-state index contributed by atoms with van der Waals surface area (Å²) in [7, 11) is 0. The summed E-state index contributed by atoms with van der Waals surface area (Å²) in [4.78, 5) is 18.5. The van der Waals surface area contributed by atoms with Gasteiger partial charge in [0.25, 0.3) is 0 Å². The van der Waals surface area contributed by atoms with Gasteiger partial charge >= 0.3 is 0 Å². The van der Waals surface area contributed by atoms with Crippen molar-refractivity contribution in [2.75, 3.05) is 11.9 Å². The smallest absolute Gasteiger partial charge is 0.225 e. The van der Waals surface area contributed by atoms with Crippen molar-refractivity contribution in [1.29, 1.82) is 0 Å². The first kappa shape index (κ1) is 13.1. The van der Waals surface area contributed by atoms with Gasteiger partial charge in [0.15, 0.2) is 0 Å². The molecular weight excluding hydrogens is 330 g/mol. The molecule has 1 aliphatic carbocycles. The normalized spacial score (nSPS) is 22.0. The highest BCUT2D eigenvalue weighted by Crippen LogP contribution is 2.32. The summed E-state index contributed by atoms with van der Waals surface area (Å²) < 4.78 is 1.04. The van der Waals surface area contributed by atoms with Crippen LogP contribution in [0.5, 0.6) is 0 Å². The van der Waals surface area contributed by atoms with Gasteiger partial charge in [-0.15, -0.1) is 0 Å². The van der Waals surface area contributed by atoms with E-state index in [2.05, 4.69) is 32.3 Å². The lowest BCUT2D eigenvalue weighted by Gasteiger charge is -2.17. The van der Waals surface area contributed by atoms with Crippen molar-refractivity contribution in [3.05, 3.63) is 34.9 Å². The molecule has 2 aromatic rings. The number of amides is 1. The fourth-order valence-electron chi connectivity index (χ4n) is 3.03. The van der Waals surface area contributed by atoms with Crippen molar-refractivity contribution < 1.29 is 4.79 Å². The van der Waals surface area contributed by atoms with Gasteiger partial charge in [0.1, 0.15) is 0 Å². The molecule has 0 spiro atoms. The topological polar surface area (TPSA) is 45.2 Å². The fraction of sp³-hybridized carbons (Fsp3) is 0.375. The van der Waals surface area contributed by atoms with E-state index in [1.807, 2.05) is 29.3 Å². The minimum Gasteiger partial charge on any atom is -0.379 e. The van der Waals surface area contributed by atoms with E-state index in [-0.39, 0.29) is 11.9 Å². The van der Waals surface area contributed by atoms with Crippen LogP contribution < -0.4 is 5.32 Å². The maximum atomic E-state index is 12.0. The molecule has 1 aromatic heterocycles. The molecule has 0 radical (unpaired) electrons. The Balaban J connectivity index is 1.60. The van der Waals surface area contributed by atoms with E-state index in [4.69, 9.17) is 0 Å². The Morgan fingerprint density at radius 1 is 1.29 bits per heavy atom. The number of hydrogen-bond acceptors (Lipinski definition) is 3. The zero-order valence-electron chi connectivity index (χ0n) is 11.6. The maximum Gasteiger partial charge on any atom is 0.225 e. The molecule has 2 heterocycles. The second-order valence-electron chi connectivity index (χ2n) is 5.84. The summed E-state index contributed by atoms with van der Waals surface area (Å²) in [5.74, 6) is 0.287. The fourth-order valence-corrected chi connectivity index (χ4v) is 3.39. The molecule has 1 amide bonds. The molecule has 1 saturated carbocycles. The minimum absolute atomic E-state index is 0.197. The van der Waals surface area contributed by atoms with Crippen LogP contribution in [0.4, 0.5) is 5.69 Å². The Labute approximate surface area is 131 Å². The summed E-state index contributed by atoms with van der Waals surface area (Å²) in [5.41, 5.74) is 2.02. The van der Waals surface area contributed by atoms with Crippen LogP contribution in [0.25, 0.3) is 10.9 Å². The van der Waals surface area contributed by atoms with Gasteiger partial charge in [-0.2, -0.15) is 0 Å². The third-order valence-electron chi connectivity index (χ3n) is 4.21. The first-order chi connectivity index (χ1) is 10.2. The number of pyridine rings is 1. The number of carbonyl (C=O) groups is 1. The van der Waals surface area contributed by atoms with E-state index < -0.39 is 0 Å². The Morgan fingerprint density at radius 3 is 2.95 bits per heavy atom.